The quantitative estimate of drug-likeness (QED) is 0.876. The normalized spacial score (nSPS) is 18.0. The summed E-state index contributed by atoms with van der Waals surface area (Å²) in [6.45, 7) is 8.13. The van der Waals surface area contributed by atoms with Gasteiger partial charge < -0.3 is 20.5 Å². The molecule has 0 fully saturated rings. The van der Waals surface area contributed by atoms with E-state index in [0.717, 1.165) is 34.4 Å². The van der Waals surface area contributed by atoms with E-state index in [0.29, 0.717) is 12.4 Å². The van der Waals surface area contributed by atoms with Crippen molar-refractivity contribution in [3.8, 4) is 5.75 Å². The zero-order valence-corrected chi connectivity index (χ0v) is 14.3. The van der Waals surface area contributed by atoms with Gasteiger partial charge in [-0.25, -0.2) is 0 Å². The summed E-state index contributed by atoms with van der Waals surface area (Å²) in [6, 6.07) is 6.02. The molecule has 3 N–H and O–H groups in total. The zero-order valence-electron chi connectivity index (χ0n) is 14.3. The lowest BCUT2D eigenvalue weighted by Gasteiger charge is -2.31. The van der Waals surface area contributed by atoms with E-state index < -0.39 is 0 Å². The van der Waals surface area contributed by atoms with Gasteiger partial charge in [0.05, 0.1) is 13.2 Å². The molecule has 0 aromatic heterocycles. The third kappa shape index (κ3) is 3.33. The largest absolute Gasteiger partial charge is 0.496 e. The fourth-order valence-electron chi connectivity index (χ4n) is 2.62. The van der Waals surface area contributed by atoms with Gasteiger partial charge in [0.25, 0.3) is 0 Å². The lowest BCUT2D eigenvalue weighted by Crippen LogP contribution is -2.44. The molecule has 1 heterocycles. The van der Waals surface area contributed by atoms with Crippen molar-refractivity contribution in [2.45, 2.75) is 32.7 Å². The fourth-order valence-corrected chi connectivity index (χ4v) is 2.62. The summed E-state index contributed by atoms with van der Waals surface area (Å²) in [5.41, 5.74) is 9.75. The predicted octanol–water partition coefficient (Wildman–Crippen LogP) is 3.08. The fraction of sp³-hybridized carbons (Fsp3) is 0.389. The lowest BCUT2D eigenvalue weighted by atomic mass is 9.95. The van der Waals surface area contributed by atoms with E-state index in [4.69, 9.17) is 10.5 Å². The summed E-state index contributed by atoms with van der Waals surface area (Å²) >= 11 is 0. The molecule has 0 amide bonds. The minimum atomic E-state index is -0.0255. The molecule has 23 heavy (non-hydrogen) atoms. The molecule has 5 heteroatoms. The van der Waals surface area contributed by atoms with Crippen LogP contribution in [0.3, 0.4) is 0 Å². The van der Waals surface area contributed by atoms with Gasteiger partial charge in [0.15, 0.2) is 5.96 Å². The minimum absolute atomic E-state index is 0.00259. The number of aliphatic imine (C=N–C) groups is 1. The lowest BCUT2D eigenvalue weighted by molar-refractivity contribution is 0.338. The Bertz CT molecular complexity index is 677. The molecule has 0 aliphatic carbocycles. The second kappa shape index (κ2) is 6.77. The Morgan fingerprint density at radius 3 is 2.78 bits per heavy atom. The van der Waals surface area contributed by atoms with Crippen LogP contribution in [0.25, 0.3) is 5.57 Å². The maximum Gasteiger partial charge on any atom is 0.215 e. The molecule has 1 unspecified atom stereocenters. The van der Waals surface area contributed by atoms with Crippen molar-refractivity contribution >= 4 is 11.5 Å². The van der Waals surface area contributed by atoms with Crippen molar-refractivity contribution in [2.24, 2.45) is 10.7 Å². The number of rotatable bonds is 5. The Morgan fingerprint density at radius 2 is 2.17 bits per heavy atom. The van der Waals surface area contributed by atoms with Gasteiger partial charge in [0, 0.05) is 19.0 Å². The van der Waals surface area contributed by atoms with Crippen molar-refractivity contribution in [3.05, 3.63) is 47.4 Å². The van der Waals surface area contributed by atoms with Gasteiger partial charge in [-0.2, -0.15) is 4.99 Å². The van der Waals surface area contributed by atoms with Crippen LogP contribution in [-0.2, 0) is 6.42 Å². The Morgan fingerprint density at radius 1 is 1.48 bits per heavy atom. The molecule has 0 saturated carbocycles. The van der Waals surface area contributed by atoms with Crippen LogP contribution in [0.4, 0.5) is 0 Å². The molecule has 0 radical (unpaired) electrons. The Labute approximate surface area is 137 Å². The highest BCUT2D eigenvalue weighted by Gasteiger charge is 2.25. The number of allylic oxidation sites excluding steroid dienone is 1. The first-order valence-electron chi connectivity index (χ1n) is 7.73. The zero-order chi connectivity index (χ0) is 17.1. The molecule has 1 aromatic rings. The summed E-state index contributed by atoms with van der Waals surface area (Å²) in [7, 11) is 3.51. The second-order valence-corrected chi connectivity index (χ2v) is 5.77. The Hall–Kier alpha value is -2.43. The van der Waals surface area contributed by atoms with Crippen LogP contribution in [-0.4, -0.2) is 36.2 Å². The van der Waals surface area contributed by atoms with Crippen molar-refractivity contribution in [1.29, 1.82) is 0 Å². The number of aliphatic hydroxyl groups is 1. The summed E-state index contributed by atoms with van der Waals surface area (Å²) < 4.78 is 5.52. The molecule has 0 spiro atoms. The van der Waals surface area contributed by atoms with Crippen LogP contribution in [0.2, 0.25) is 0 Å². The van der Waals surface area contributed by atoms with Crippen LogP contribution < -0.4 is 10.5 Å². The van der Waals surface area contributed by atoms with Crippen LogP contribution in [0.1, 0.15) is 31.4 Å². The van der Waals surface area contributed by atoms with E-state index >= 15 is 0 Å². The maximum atomic E-state index is 10.2. The van der Waals surface area contributed by atoms with Gasteiger partial charge in [-0.05, 0) is 36.1 Å². The summed E-state index contributed by atoms with van der Waals surface area (Å²) in [5, 5.41) is 10.2. The smallest absolute Gasteiger partial charge is 0.215 e. The van der Waals surface area contributed by atoms with E-state index in [1.807, 2.05) is 37.1 Å². The monoisotopic (exact) mass is 315 g/mol. The number of nitrogens with two attached hydrogens (primary N) is 1. The van der Waals surface area contributed by atoms with Gasteiger partial charge in [-0.1, -0.05) is 25.6 Å². The molecule has 5 nitrogen and oxygen atoms in total. The van der Waals surface area contributed by atoms with Gasteiger partial charge in [0.1, 0.15) is 5.75 Å². The molecule has 124 valence electrons. The number of likely N-dealkylation sites (N-methyl/N-ethyl adjacent to an activating group) is 1. The predicted molar refractivity (Wildman–Crippen MR) is 94.5 cm³/mol. The van der Waals surface area contributed by atoms with Gasteiger partial charge >= 0.3 is 0 Å². The molecular formula is C18H25N3O2. The standard InChI is InChI=1S/C18H25N3O2/c1-6-11(2)13-7-8-14(16(10-13)23-5)9-15-12(3)21(4)18(19)20-17(15)22/h7-8,10,12,22H,2,6,9H2,1,3-5H3,(H2,19,20). The first kappa shape index (κ1) is 16.9. The van der Waals surface area contributed by atoms with E-state index in [-0.39, 0.29) is 11.9 Å². The summed E-state index contributed by atoms with van der Waals surface area (Å²) in [5.74, 6) is 1.10. The molecular weight excluding hydrogens is 290 g/mol. The van der Waals surface area contributed by atoms with Crippen molar-refractivity contribution < 1.29 is 9.84 Å². The molecule has 1 aliphatic heterocycles. The van der Waals surface area contributed by atoms with Crippen molar-refractivity contribution in [2.75, 3.05) is 14.2 Å². The van der Waals surface area contributed by atoms with Crippen molar-refractivity contribution in [1.82, 2.24) is 4.90 Å². The van der Waals surface area contributed by atoms with Crippen LogP contribution in [0.15, 0.2) is 41.2 Å². The number of hydrogen-bond acceptors (Lipinski definition) is 5. The highest BCUT2D eigenvalue weighted by Crippen LogP contribution is 2.30. The number of hydrogen-bond donors (Lipinski definition) is 2. The average molecular weight is 315 g/mol. The number of benzene rings is 1. The second-order valence-electron chi connectivity index (χ2n) is 5.77. The van der Waals surface area contributed by atoms with Crippen molar-refractivity contribution in [3.63, 3.8) is 0 Å². The Balaban J connectivity index is 2.36. The number of methoxy groups -OCH3 is 1. The van der Waals surface area contributed by atoms with Crippen LogP contribution in [0.5, 0.6) is 5.75 Å². The van der Waals surface area contributed by atoms with Crippen LogP contribution >= 0.6 is 0 Å². The molecule has 1 aromatic carbocycles. The third-order valence-electron chi connectivity index (χ3n) is 4.46. The molecule has 2 rings (SSSR count). The number of ether oxygens (including phenoxy) is 1. The van der Waals surface area contributed by atoms with Crippen LogP contribution in [0, 0.1) is 0 Å². The van der Waals surface area contributed by atoms with Gasteiger partial charge in [-0.3, -0.25) is 0 Å². The van der Waals surface area contributed by atoms with E-state index in [1.54, 1.807) is 7.11 Å². The first-order chi connectivity index (χ1) is 10.9. The number of guanidine groups is 1. The SMILES string of the molecule is C=C(CC)c1ccc(CC2=C(O)N=C(N)N(C)C2C)c(OC)c1. The highest BCUT2D eigenvalue weighted by molar-refractivity contribution is 5.80. The summed E-state index contributed by atoms with van der Waals surface area (Å²) in [6.07, 6.45) is 1.44. The number of aliphatic hydroxyl groups excluding tert-OH is 1. The molecule has 1 aliphatic rings. The third-order valence-corrected chi connectivity index (χ3v) is 4.46. The molecule has 0 saturated heterocycles. The maximum absolute atomic E-state index is 10.2. The Kier molecular flexibility index (Phi) is 4.98. The topological polar surface area (TPSA) is 71.1 Å². The molecule has 1 atom stereocenters. The van der Waals surface area contributed by atoms with Gasteiger partial charge in [0.2, 0.25) is 5.88 Å². The average Bonchev–Trinajstić information content (AvgIpc) is 2.56. The minimum Gasteiger partial charge on any atom is -0.496 e. The number of nitrogens with zero attached hydrogens (tertiary/aromatic N) is 2. The summed E-state index contributed by atoms with van der Waals surface area (Å²) in [4.78, 5) is 5.85. The van der Waals surface area contributed by atoms with E-state index in [2.05, 4.69) is 18.5 Å². The first-order valence-corrected chi connectivity index (χ1v) is 7.73. The van der Waals surface area contributed by atoms with E-state index in [1.165, 1.54) is 0 Å². The van der Waals surface area contributed by atoms with E-state index in [9.17, 15) is 5.11 Å². The molecule has 0 bridgehead atoms. The van der Waals surface area contributed by atoms with Gasteiger partial charge in [-0.15, -0.1) is 0 Å². The highest BCUT2D eigenvalue weighted by atomic mass is 16.5.